The number of amides is 1. The molecule has 0 spiro atoms. The molecule has 0 aliphatic rings. The van der Waals surface area contributed by atoms with Gasteiger partial charge in [-0.05, 0) is 48.2 Å². The molecule has 0 fully saturated rings. The molecule has 4 aromatic rings. The minimum atomic E-state index is -0.230. The van der Waals surface area contributed by atoms with Crippen molar-refractivity contribution in [3.05, 3.63) is 72.2 Å². The lowest BCUT2D eigenvalue weighted by atomic mass is 10.0. The molecule has 1 N–H and O–H groups in total. The van der Waals surface area contributed by atoms with E-state index in [1.807, 2.05) is 48.5 Å². The van der Waals surface area contributed by atoms with Crippen molar-refractivity contribution in [3.63, 3.8) is 0 Å². The van der Waals surface area contributed by atoms with Crippen molar-refractivity contribution >= 4 is 17.5 Å². The number of anilines is 1. The Balaban J connectivity index is 1.56. The maximum absolute atomic E-state index is 12.5. The van der Waals surface area contributed by atoms with Crippen LogP contribution in [0.25, 0.3) is 16.9 Å². The van der Waals surface area contributed by atoms with Crippen LogP contribution in [-0.2, 0) is 6.42 Å². The van der Waals surface area contributed by atoms with Gasteiger partial charge in [-0.1, -0.05) is 32.0 Å². The molecule has 6 heteroatoms. The summed E-state index contributed by atoms with van der Waals surface area (Å²) in [6.07, 6.45) is 4.25. The SMILES string of the molecule is CC(C)Cc1ccc(C(=O)Nc2nc3cccc(-c4ccoc4)n3n2)cc1. The molecule has 0 unspecified atom stereocenters. The first kappa shape index (κ1) is 17.0. The minimum Gasteiger partial charge on any atom is -0.472 e. The van der Waals surface area contributed by atoms with Crippen molar-refractivity contribution in [2.45, 2.75) is 20.3 Å². The molecule has 4 rings (SSSR count). The molecule has 6 nitrogen and oxygen atoms in total. The van der Waals surface area contributed by atoms with E-state index in [1.165, 1.54) is 5.56 Å². The van der Waals surface area contributed by atoms with Crippen LogP contribution >= 0.6 is 0 Å². The summed E-state index contributed by atoms with van der Waals surface area (Å²) in [7, 11) is 0. The summed E-state index contributed by atoms with van der Waals surface area (Å²) >= 11 is 0. The van der Waals surface area contributed by atoms with E-state index in [4.69, 9.17) is 4.42 Å². The van der Waals surface area contributed by atoms with E-state index >= 15 is 0 Å². The molecular weight excluding hydrogens is 340 g/mol. The van der Waals surface area contributed by atoms with Crippen molar-refractivity contribution in [2.24, 2.45) is 5.92 Å². The molecule has 0 aliphatic carbocycles. The Labute approximate surface area is 156 Å². The molecule has 1 amide bonds. The van der Waals surface area contributed by atoms with Crippen LogP contribution in [0.15, 0.2) is 65.5 Å². The summed E-state index contributed by atoms with van der Waals surface area (Å²) < 4.78 is 6.84. The molecule has 0 radical (unpaired) electrons. The topological polar surface area (TPSA) is 72.4 Å². The quantitative estimate of drug-likeness (QED) is 0.571. The predicted octanol–water partition coefficient (Wildman–Crippen LogP) is 4.44. The fourth-order valence-corrected chi connectivity index (χ4v) is 3.02. The zero-order valence-electron chi connectivity index (χ0n) is 15.2. The highest BCUT2D eigenvalue weighted by molar-refractivity contribution is 6.03. The van der Waals surface area contributed by atoms with Crippen LogP contribution in [0.1, 0.15) is 29.8 Å². The smallest absolute Gasteiger partial charge is 0.258 e. The standard InChI is InChI=1S/C21H20N4O2/c1-14(2)12-15-6-8-16(9-7-15)20(26)23-21-22-19-5-3-4-18(25(19)24-21)17-10-11-27-13-17/h3-11,13-14H,12H2,1-2H3,(H,23,24,26). The summed E-state index contributed by atoms with van der Waals surface area (Å²) in [5.74, 6) is 0.616. The van der Waals surface area contributed by atoms with E-state index in [0.717, 1.165) is 17.7 Å². The zero-order valence-corrected chi connectivity index (χ0v) is 15.2. The average Bonchev–Trinajstić information content (AvgIpc) is 3.30. The third-order valence-corrected chi connectivity index (χ3v) is 4.26. The van der Waals surface area contributed by atoms with Gasteiger partial charge >= 0.3 is 0 Å². The number of nitrogens with one attached hydrogen (secondary N) is 1. The maximum Gasteiger partial charge on any atom is 0.258 e. The van der Waals surface area contributed by atoms with Crippen LogP contribution in [0.5, 0.6) is 0 Å². The van der Waals surface area contributed by atoms with Crippen LogP contribution in [0.2, 0.25) is 0 Å². The number of furan rings is 1. The van der Waals surface area contributed by atoms with Gasteiger partial charge in [0.1, 0.15) is 0 Å². The number of pyridine rings is 1. The van der Waals surface area contributed by atoms with Crippen LogP contribution in [0.4, 0.5) is 5.95 Å². The lowest BCUT2D eigenvalue weighted by Crippen LogP contribution is -2.13. The predicted molar refractivity (Wildman–Crippen MR) is 104 cm³/mol. The third-order valence-electron chi connectivity index (χ3n) is 4.26. The first-order valence-electron chi connectivity index (χ1n) is 8.89. The highest BCUT2D eigenvalue weighted by atomic mass is 16.3. The third kappa shape index (κ3) is 3.60. The fraction of sp³-hybridized carbons (Fsp3) is 0.190. The Morgan fingerprint density at radius 3 is 2.67 bits per heavy atom. The largest absolute Gasteiger partial charge is 0.472 e. The Morgan fingerprint density at radius 1 is 1.15 bits per heavy atom. The summed E-state index contributed by atoms with van der Waals surface area (Å²) in [6, 6.07) is 15.2. The summed E-state index contributed by atoms with van der Waals surface area (Å²) in [4.78, 5) is 16.9. The molecule has 0 atom stereocenters. The minimum absolute atomic E-state index is 0.230. The Morgan fingerprint density at radius 2 is 1.96 bits per heavy atom. The van der Waals surface area contributed by atoms with E-state index in [9.17, 15) is 4.79 Å². The van der Waals surface area contributed by atoms with E-state index in [2.05, 4.69) is 29.2 Å². The lowest BCUT2D eigenvalue weighted by Gasteiger charge is -2.06. The molecular formula is C21H20N4O2. The van der Waals surface area contributed by atoms with E-state index in [0.29, 0.717) is 17.1 Å². The van der Waals surface area contributed by atoms with Crippen molar-refractivity contribution in [3.8, 4) is 11.3 Å². The molecule has 0 bridgehead atoms. The highest BCUT2D eigenvalue weighted by Crippen LogP contribution is 2.21. The molecule has 0 saturated carbocycles. The van der Waals surface area contributed by atoms with Gasteiger partial charge in [0, 0.05) is 11.1 Å². The molecule has 136 valence electrons. The second-order valence-electron chi connectivity index (χ2n) is 6.88. The van der Waals surface area contributed by atoms with Gasteiger partial charge in [0.05, 0.1) is 18.2 Å². The number of benzene rings is 1. The molecule has 3 aromatic heterocycles. The van der Waals surface area contributed by atoms with Crippen LogP contribution < -0.4 is 5.32 Å². The first-order valence-corrected chi connectivity index (χ1v) is 8.89. The van der Waals surface area contributed by atoms with Crippen molar-refractivity contribution < 1.29 is 9.21 Å². The molecule has 3 heterocycles. The average molecular weight is 360 g/mol. The van der Waals surface area contributed by atoms with Gasteiger partial charge in [-0.3, -0.25) is 10.1 Å². The van der Waals surface area contributed by atoms with Gasteiger partial charge in [-0.25, -0.2) is 4.52 Å². The summed E-state index contributed by atoms with van der Waals surface area (Å²) in [5, 5.41) is 7.20. The van der Waals surface area contributed by atoms with Gasteiger partial charge in [0.2, 0.25) is 5.95 Å². The fourth-order valence-electron chi connectivity index (χ4n) is 3.02. The molecule has 0 aliphatic heterocycles. The van der Waals surface area contributed by atoms with E-state index < -0.39 is 0 Å². The molecule has 1 aromatic carbocycles. The van der Waals surface area contributed by atoms with Crippen LogP contribution in [0.3, 0.4) is 0 Å². The molecule has 27 heavy (non-hydrogen) atoms. The number of hydrogen-bond donors (Lipinski definition) is 1. The van der Waals surface area contributed by atoms with Crippen LogP contribution in [0, 0.1) is 5.92 Å². The van der Waals surface area contributed by atoms with E-state index in [-0.39, 0.29) is 11.9 Å². The maximum atomic E-state index is 12.5. The summed E-state index contributed by atoms with van der Waals surface area (Å²) in [6.45, 7) is 4.35. The molecule has 0 saturated heterocycles. The van der Waals surface area contributed by atoms with E-state index in [1.54, 1.807) is 17.0 Å². The van der Waals surface area contributed by atoms with Gasteiger partial charge in [0.15, 0.2) is 5.65 Å². The second-order valence-corrected chi connectivity index (χ2v) is 6.88. The number of hydrogen-bond acceptors (Lipinski definition) is 4. The number of rotatable bonds is 5. The number of carbonyl (C=O) groups is 1. The Hall–Kier alpha value is -3.41. The van der Waals surface area contributed by atoms with Gasteiger partial charge in [-0.15, -0.1) is 5.10 Å². The Kier molecular flexibility index (Phi) is 4.46. The number of fused-ring (bicyclic) bond motifs is 1. The van der Waals surface area contributed by atoms with Crippen LogP contribution in [-0.4, -0.2) is 20.5 Å². The highest BCUT2D eigenvalue weighted by Gasteiger charge is 2.13. The monoisotopic (exact) mass is 360 g/mol. The van der Waals surface area contributed by atoms with Crippen molar-refractivity contribution in [1.82, 2.24) is 14.6 Å². The number of aromatic nitrogens is 3. The van der Waals surface area contributed by atoms with Crippen molar-refractivity contribution in [2.75, 3.05) is 5.32 Å². The number of nitrogens with zero attached hydrogens (tertiary/aromatic N) is 3. The van der Waals surface area contributed by atoms with Gasteiger partial charge in [0.25, 0.3) is 5.91 Å². The van der Waals surface area contributed by atoms with Gasteiger partial charge < -0.3 is 4.42 Å². The first-order chi connectivity index (χ1) is 13.1. The lowest BCUT2D eigenvalue weighted by molar-refractivity contribution is 0.102. The van der Waals surface area contributed by atoms with Crippen molar-refractivity contribution in [1.29, 1.82) is 0 Å². The Bertz CT molecular complexity index is 1060. The summed E-state index contributed by atoms with van der Waals surface area (Å²) in [5.41, 5.74) is 4.18. The number of carbonyl (C=O) groups excluding carboxylic acids is 1. The normalized spacial score (nSPS) is 11.2. The second kappa shape index (κ2) is 7.07. The zero-order chi connectivity index (χ0) is 18.8. The van der Waals surface area contributed by atoms with Gasteiger partial charge in [-0.2, -0.15) is 4.98 Å².